The first kappa shape index (κ1) is 12.5. The summed E-state index contributed by atoms with van der Waals surface area (Å²) in [6.07, 6.45) is 1.56. The van der Waals surface area contributed by atoms with Crippen LogP contribution >= 0.6 is 23.1 Å². The van der Waals surface area contributed by atoms with Crippen molar-refractivity contribution in [2.24, 2.45) is 5.41 Å². The molecule has 0 fully saturated rings. The van der Waals surface area contributed by atoms with Gasteiger partial charge in [0, 0.05) is 10.8 Å². The molecule has 2 aromatic rings. The number of thioether (sulfide) groups is 1. The molecule has 0 aliphatic carbocycles. The number of aromatic nitrogens is 2. The van der Waals surface area contributed by atoms with Crippen LogP contribution in [0.5, 0.6) is 0 Å². The van der Waals surface area contributed by atoms with E-state index in [2.05, 4.69) is 9.97 Å². The molecule has 0 amide bonds. The first-order valence-corrected chi connectivity index (χ1v) is 7.19. The topological polar surface area (TPSA) is 42.9 Å². The molecule has 0 saturated carbocycles. The van der Waals surface area contributed by atoms with Gasteiger partial charge in [-0.1, -0.05) is 32.5 Å². The van der Waals surface area contributed by atoms with E-state index in [1.807, 2.05) is 32.2 Å². The number of thiophene rings is 1. The average Bonchev–Trinajstić information content (AvgIpc) is 2.72. The van der Waals surface area contributed by atoms with Gasteiger partial charge < -0.3 is 0 Å². The molecule has 0 unspecified atom stereocenters. The van der Waals surface area contributed by atoms with E-state index in [0.29, 0.717) is 5.75 Å². The van der Waals surface area contributed by atoms with E-state index in [4.69, 9.17) is 0 Å². The number of rotatable bonds is 3. The number of fused-ring (bicyclic) bond motifs is 1. The highest BCUT2D eigenvalue weighted by Gasteiger charge is 2.21. The Kier molecular flexibility index (Phi) is 3.49. The van der Waals surface area contributed by atoms with Crippen molar-refractivity contribution < 1.29 is 4.79 Å². The monoisotopic (exact) mass is 266 g/mol. The maximum Gasteiger partial charge on any atom is 0.148 e. The molecule has 0 N–H and O–H groups in total. The minimum atomic E-state index is -0.284. The molecule has 2 aromatic heterocycles. The van der Waals surface area contributed by atoms with E-state index in [0.717, 1.165) is 15.2 Å². The molecule has 90 valence electrons. The molecular weight excluding hydrogens is 252 g/mol. The Balaban J connectivity index is 2.14. The fourth-order valence-electron chi connectivity index (χ4n) is 1.23. The zero-order valence-corrected chi connectivity index (χ0v) is 11.7. The van der Waals surface area contributed by atoms with Crippen molar-refractivity contribution in [3.8, 4) is 0 Å². The molecule has 0 spiro atoms. The van der Waals surface area contributed by atoms with Gasteiger partial charge in [0.2, 0.25) is 0 Å². The van der Waals surface area contributed by atoms with Gasteiger partial charge in [0.25, 0.3) is 0 Å². The molecule has 5 heteroatoms. The van der Waals surface area contributed by atoms with Gasteiger partial charge in [0.05, 0.1) is 5.75 Å². The normalized spacial score (nSPS) is 11.9. The SMILES string of the molecule is CC(C)(C)C(=O)CSc1ncnc2sccc12. The van der Waals surface area contributed by atoms with Crippen LogP contribution in [0.4, 0.5) is 0 Å². The van der Waals surface area contributed by atoms with Gasteiger partial charge in [-0.25, -0.2) is 9.97 Å². The van der Waals surface area contributed by atoms with Crippen LogP contribution in [-0.4, -0.2) is 21.5 Å². The van der Waals surface area contributed by atoms with Crippen LogP contribution in [0, 0.1) is 5.41 Å². The van der Waals surface area contributed by atoms with Crippen molar-refractivity contribution in [1.82, 2.24) is 9.97 Å². The number of Topliss-reactive ketones (excluding diaryl/α,β-unsaturated/α-hetero) is 1. The largest absolute Gasteiger partial charge is 0.298 e. The molecule has 0 bridgehead atoms. The molecule has 0 atom stereocenters. The van der Waals surface area contributed by atoms with Crippen LogP contribution in [0.15, 0.2) is 22.8 Å². The van der Waals surface area contributed by atoms with E-state index in [1.165, 1.54) is 11.8 Å². The summed E-state index contributed by atoms with van der Waals surface area (Å²) >= 11 is 3.09. The standard InChI is InChI=1S/C12H14N2OS2/c1-12(2,3)9(15)6-17-11-8-4-5-16-10(8)13-7-14-11/h4-5,7H,6H2,1-3H3. The quantitative estimate of drug-likeness (QED) is 0.631. The lowest BCUT2D eigenvalue weighted by molar-refractivity contribution is -0.123. The fourth-order valence-corrected chi connectivity index (χ4v) is 3.17. The number of ketones is 1. The predicted octanol–water partition coefficient (Wildman–Crippen LogP) is 3.40. The number of hydrogen-bond acceptors (Lipinski definition) is 5. The maximum absolute atomic E-state index is 11.9. The van der Waals surface area contributed by atoms with Crippen molar-refractivity contribution in [2.75, 3.05) is 5.75 Å². The van der Waals surface area contributed by atoms with E-state index in [9.17, 15) is 4.79 Å². The Morgan fingerprint density at radius 3 is 2.88 bits per heavy atom. The third-order valence-electron chi connectivity index (χ3n) is 2.40. The summed E-state index contributed by atoms with van der Waals surface area (Å²) in [6.45, 7) is 5.82. The summed E-state index contributed by atoms with van der Waals surface area (Å²) in [5, 5.41) is 3.94. The Labute approximate surface area is 109 Å². The van der Waals surface area contributed by atoms with Crippen molar-refractivity contribution in [3.05, 3.63) is 17.8 Å². The summed E-state index contributed by atoms with van der Waals surface area (Å²) in [5.74, 6) is 0.704. The zero-order valence-electron chi connectivity index (χ0n) is 10.1. The maximum atomic E-state index is 11.9. The lowest BCUT2D eigenvalue weighted by atomic mass is 9.92. The van der Waals surface area contributed by atoms with Gasteiger partial charge in [-0.05, 0) is 11.4 Å². The van der Waals surface area contributed by atoms with Gasteiger partial charge in [-0.2, -0.15) is 0 Å². The molecule has 0 saturated heterocycles. The van der Waals surface area contributed by atoms with Crippen LogP contribution in [0.2, 0.25) is 0 Å². The number of hydrogen-bond donors (Lipinski definition) is 0. The molecule has 0 radical (unpaired) electrons. The predicted molar refractivity (Wildman–Crippen MR) is 72.6 cm³/mol. The second-order valence-corrected chi connectivity index (χ2v) is 6.64. The van der Waals surface area contributed by atoms with E-state index >= 15 is 0 Å². The van der Waals surface area contributed by atoms with Crippen LogP contribution < -0.4 is 0 Å². The van der Waals surface area contributed by atoms with E-state index in [1.54, 1.807) is 17.7 Å². The van der Waals surface area contributed by atoms with Crippen LogP contribution in [0.25, 0.3) is 10.2 Å². The van der Waals surface area contributed by atoms with Gasteiger partial charge >= 0.3 is 0 Å². The highest BCUT2D eigenvalue weighted by atomic mass is 32.2. The molecule has 17 heavy (non-hydrogen) atoms. The van der Waals surface area contributed by atoms with E-state index in [-0.39, 0.29) is 11.2 Å². The second-order valence-electron chi connectivity index (χ2n) is 4.78. The third kappa shape index (κ3) is 2.84. The summed E-state index contributed by atoms with van der Waals surface area (Å²) < 4.78 is 0. The van der Waals surface area contributed by atoms with Gasteiger partial charge in [-0.15, -0.1) is 11.3 Å². The minimum Gasteiger partial charge on any atom is -0.298 e. The van der Waals surface area contributed by atoms with Crippen molar-refractivity contribution in [1.29, 1.82) is 0 Å². The Morgan fingerprint density at radius 1 is 1.41 bits per heavy atom. The molecular formula is C12H14N2OS2. The fraction of sp³-hybridized carbons (Fsp3) is 0.417. The van der Waals surface area contributed by atoms with Gasteiger partial charge in [-0.3, -0.25) is 4.79 Å². The highest BCUT2D eigenvalue weighted by Crippen LogP contribution is 2.29. The molecule has 3 nitrogen and oxygen atoms in total. The number of carbonyl (C=O) groups excluding carboxylic acids is 1. The summed E-state index contributed by atoms with van der Waals surface area (Å²) in [5.41, 5.74) is -0.284. The second kappa shape index (κ2) is 4.74. The number of nitrogens with zero attached hydrogens (tertiary/aromatic N) is 2. The van der Waals surface area contributed by atoms with Crippen LogP contribution in [-0.2, 0) is 4.79 Å². The smallest absolute Gasteiger partial charge is 0.148 e. The summed E-state index contributed by atoms with van der Waals surface area (Å²) in [7, 11) is 0. The first-order valence-electron chi connectivity index (χ1n) is 5.33. The third-order valence-corrected chi connectivity index (χ3v) is 4.23. The summed E-state index contributed by atoms with van der Waals surface area (Å²) in [6, 6.07) is 2.00. The molecule has 2 rings (SSSR count). The first-order chi connectivity index (χ1) is 7.98. The molecule has 0 aliphatic heterocycles. The van der Waals surface area contributed by atoms with Gasteiger partial charge in [0.1, 0.15) is 22.0 Å². The van der Waals surface area contributed by atoms with Gasteiger partial charge in [0.15, 0.2) is 0 Å². The van der Waals surface area contributed by atoms with Crippen molar-refractivity contribution >= 4 is 39.1 Å². The van der Waals surface area contributed by atoms with Crippen molar-refractivity contribution in [2.45, 2.75) is 25.8 Å². The minimum absolute atomic E-state index is 0.240. The van der Waals surface area contributed by atoms with Crippen LogP contribution in [0.1, 0.15) is 20.8 Å². The summed E-state index contributed by atoms with van der Waals surface area (Å²) in [4.78, 5) is 21.3. The van der Waals surface area contributed by atoms with E-state index < -0.39 is 0 Å². The Bertz CT molecular complexity index is 543. The van der Waals surface area contributed by atoms with Crippen molar-refractivity contribution in [3.63, 3.8) is 0 Å². The molecule has 2 heterocycles. The Morgan fingerprint density at radius 2 is 2.18 bits per heavy atom. The lowest BCUT2D eigenvalue weighted by Gasteiger charge is -2.15. The van der Waals surface area contributed by atoms with Crippen LogP contribution in [0.3, 0.4) is 0 Å². The zero-order chi connectivity index (χ0) is 12.5. The molecule has 0 aromatic carbocycles. The lowest BCUT2D eigenvalue weighted by Crippen LogP contribution is -2.22. The average molecular weight is 266 g/mol. The molecule has 0 aliphatic rings. The highest BCUT2D eigenvalue weighted by molar-refractivity contribution is 8.00. The number of carbonyl (C=O) groups is 1. The Hall–Kier alpha value is -0.940.